The number of aliphatic imine (C=N–C) groups is 1. The van der Waals surface area contributed by atoms with Gasteiger partial charge in [-0.15, -0.1) is 0 Å². The number of rotatable bonds is 1. The second-order valence-corrected chi connectivity index (χ2v) is 2.79. The van der Waals surface area contributed by atoms with Gasteiger partial charge in [-0.25, -0.2) is 4.99 Å². The van der Waals surface area contributed by atoms with E-state index in [9.17, 15) is 4.79 Å². The number of carbonyl (C=O) groups is 1. The molecule has 0 saturated heterocycles. The van der Waals surface area contributed by atoms with Crippen LogP contribution in [0.15, 0.2) is 29.3 Å². The molecule has 0 aliphatic carbocycles. The van der Waals surface area contributed by atoms with E-state index >= 15 is 0 Å². The smallest absolute Gasteiger partial charge is 0.270 e. The van der Waals surface area contributed by atoms with E-state index in [4.69, 9.17) is 0 Å². The minimum Gasteiger partial charge on any atom is -0.356 e. The summed E-state index contributed by atoms with van der Waals surface area (Å²) in [6, 6.07) is 3.76. The molecule has 2 rings (SSSR count). The number of amides is 1. The van der Waals surface area contributed by atoms with Gasteiger partial charge in [0.1, 0.15) is 0 Å². The number of aromatic amines is 1. The fourth-order valence-corrected chi connectivity index (χ4v) is 1.14. The first-order valence-corrected chi connectivity index (χ1v) is 3.90. The van der Waals surface area contributed by atoms with Gasteiger partial charge in [-0.2, -0.15) is 0 Å². The Morgan fingerprint density at radius 2 is 2.23 bits per heavy atom. The lowest BCUT2D eigenvalue weighted by atomic mass is 10.3. The number of aromatic nitrogens is 1. The second kappa shape index (κ2) is 2.86. The van der Waals surface area contributed by atoms with E-state index in [1.807, 2.05) is 12.1 Å². The topological polar surface area (TPSA) is 45.2 Å². The number of allylic oxidation sites excluding steroid dienone is 1. The van der Waals surface area contributed by atoms with Crippen molar-refractivity contribution in [1.29, 1.82) is 0 Å². The molecule has 0 spiro atoms. The molecule has 3 nitrogen and oxygen atoms in total. The molecular formula is C10H8N2O. The van der Waals surface area contributed by atoms with Crippen LogP contribution in [0, 0.1) is 0 Å². The molecule has 13 heavy (non-hydrogen) atoms. The van der Waals surface area contributed by atoms with Crippen LogP contribution in [0.25, 0.3) is 12.7 Å². The van der Waals surface area contributed by atoms with Gasteiger partial charge in [-0.1, -0.05) is 6.58 Å². The van der Waals surface area contributed by atoms with Gasteiger partial charge >= 0.3 is 0 Å². The molecule has 0 atom stereocenters. The number of nitrogens with one attached hydrogen (secondary N) is 1. The molecule has 0 saturated carbocycles. The summed E-state index contributed by atoms with van der Waals surface area (Å²) in [5, 5.41) is 1.75. The number of carbonyl (C=O) groups excluding carboxylic acids is 1. The van der Waals surface area contributed by atoms with Crippen LogP contribution in [-0.2, 0) is 4.79 Å². The fourth-order valence-electron chi connectivity index (χ4n) is 1.14. The zero-order valence-electron chi connectivity index (χ0n) is 6.95. The predicted molar refractivity (Wildman–Crippen MR) is 51.6 cm³/mol. The molecule has 1 aromatic rings. The number of H-pyrrole nitrogens is 1. The minimum absolute atomic E-state index is 0.201. The molecule has 1 N–H and O–H groups in total. The summed E-state index contributed by atoms with van der Waals surface area (Å²) in [5.74, 6) is -0.201. The van der Waals surface area contributed by atoms with Crippen molar-refractivity contribution < 1.29 is 4.79 Å². The molecule has 0 fully saturated rings. The Hall–Kier alpha value is -1.90. The zero-order chi connectivity index (χ0) is 9.26. The highest BCUT2D eigenvalue weighted by molar-refractivity contribution is 6.26. The lowest BCUT2D eigenvalue weighted by Crippen LogP contribution is -2.09. The first-order valence-electron chi connectivity index (χ1n) is 3.90. The highest BCUT2D eigenvalue weighted by atomic mass is 16.1. The normalized spacial score (nSPS) is 16.8. The average molecular weight is 172 g/mol. The molecule has 1 amide bonds. The maximum Gasteiger partial charge on any atom is 0.270 e. The van der Waals surface area contributed by atoms with E-state index < -0.39 is 0 Å². The Labute approximate surface area is 74.8 Å². The van der Waals surface area contributed by atoms with E-state index in [1.165, 1.54) is 6.08 Å². The summed E-state index contributed by atoms with van der Waals surface area (Å²) in [4.78, 5) is 17.5. The third kappa shape index (κ3) is 1.64. The van der Waals surface area contributed by atoms with Crippen molar-refractivity contribution in [2.45, 2.75) is 0 Å². The Kier molecular flexibility index (Phi) is 1.70. The van der Waals surface area contributed by atoms with E-state index in [-0.39, 0.29) is 5.91 Å². The summed E-state index contributed by atoms with van der Waals surface area (Å²) in [7, 11) is 0. The third-order valence-corrected chi connectivity index (χ3v) is 1.71. The zero-order valence-corrected chi connectivity index (χ0v) is 6.95. The van der Waals surface area contributed by atoms with Crippen LogP contribution in [-0.4, -0.2) is 16.6 Å². The standard InChI is InChI=1S/C10H8N2O/c1-7-2-3-8(11-7)6-9-4-5-10(13)12-9/h2-6,11H,1H2/b8-6-. The molecule has 0 aromatic carbocycles. The maximum atomic E-state index is 10.7. The van der Waals surface area contributed by atoms with E-state index in [0.717, 1.165) is 10.7 Å². The number of hydrogen-bond acceptors (Lipinski definition) is 1. The SMILES string of the molecule is C=c1cc/c(=C/C2=NC(=O)C=C2)[nH]1. The number of hydrogen-bond donors (Lipinski definition) is 1. The van der Waals surface area contributed by atoms with Gasteiger partial charge < -0.3 is 4.98 Å². The Bertz CT molecular complexity index is 505. The average Bonchev–Trinajstić information content (AvgIpc) is 2.62. The van der Waals surface area contributed by atoms with Gasteiger partial charge in [0.25, 0.3) is 5.91 Å². The highest BCUT2D eigenvalue weighted by Gasteiger charge is 2.02. The minimum atomic E-state index is -0.201. The maximum absolute atomic E-state index is 10.7. The van der Waals surface area contributed by atoms with Gasteiger partial charge in [-0.3, -0.25) is 4.79 Å². The molecule has 3 heteroatoms. The quantitative estimate of drug-likeness (QED) is 0.623. The first-order chi connectivity index (χ1) is 6.24. The predicted octanol–water partition coefficient (Wildman–Crippen LogP) is -0.257. The molecular weight excluding hydrogens is 164 g/mol. The van der Waals surface area contributed by atoms with Crippen molar-refractivity contribution in [2.24, 2.45) is 4.99 Å². The van der Waals surface area contributed by atoms with Crippen molar-refractivity contribution in [3.8, 4) is 0 Å². The molecule has 0 unspecified atom stereocenters. The Morgan fingerprint density at radius 1 is 1.38 bits per heavy atom. The van der Waals surface area contributed by atoms with Crippen molar-refractivity contribution in [3.63, 3.8) is 0 Å². The van der Waals surface area contributed by atoms with Gasteiger partial charge in [-0.05, 0) is 24.3 Å². The second-order valence-electron chi connectivity index (χ2n) is 2.79. The van der Waals surface area contributed by atoms with Crippen LogP contribution in [0.3, 0.4) is 0 Å². The summed E-state index contributed by atoms with van der Waals surface area (Å²) in [6.07, 6.45) is 4.93. The first kappa shape index (κ1) is 7.73. The molecule has 64 valence electrons. The summed E-state index contributed by atoms with van der Waals surface area (Å²) in [5.41, 5.74) is 0.673. The summed E-state index contributed by atoms with van der Waals surface area (Å²) in [6.45, 7) is 3.73. The van der Waals surface area contributed by atoms with Crippen molar-refractivity contribution in [3.05, 3.63) is 35.0 Å². The molecule has 0 bridgehead atoms. The third-order valence-electron chi connectivity index (χ3n) is 1.71. The van der Waals surface area contributed by atoms with Gasteiger partial charge in [0.15, 0.2) is 0 Å². The van der Waals surface area contributed by atoms with Crippen LogP contribution in [0.4, 0.5) is 0 Å². The summed E-state index contributed by atoms with van der Waals surface area (Å²) >= 11 is 0. The van der Waals surface area contributed by atoms with E-state index in [2.05, 4.69) is 16.6 Å². The van der Waals surface area contributed by atoms with Gasteiger partial charge in [0, 0.05) is 16.8 Å². The Morgan fingerprint density at radius 3 is 2.77 bits per heavy atom. The monoisotopic (exact) mass is 172 g/mol. The number of nitrogens with zero attached hydrogens (tertiary/aromatic N) is 1. The van der Waals surface area contributed by atoms with Crippen LogP contribution in [0.2, 0.25) is 0 Å². The molecule has 0 radical (unpaired) electrons. The molecule has 2 heterocycles. The van der Waals surface area contributed by atoms with Crippen molar-refractivity contribution >= 4 is 24.3 Å². The summed E-state index contributed by atoms with van der Waals surface area (Å²) < 4.78 is 0. The van der Waals surface area contributed by atoms with Crippen molar-refractivity contribution in [1.82, 2.24) is 4.98 Å². The lowest BCUT2D eigenvalue weighted by Gasteiger charge is -1.81. The van der Waals surface area contributed by atoms with Crippen LogP contribution < -0.4 is 10.7 Å². The van der Waals surface area contributed by atoms with Crippen LogP contribution in [0.5, 0.6) is 0 Å². The fraction of sp³-hybridized carbons (Fsp3) is 0. The highest BCUT2D eigenvalue weighted by Crippen LogP contribution is 1.95. The van der Waals surface area contributed by atoms with Gasteiger partial charge in [0.2, 0.25) is 0 Å². The van der Waals surface area contributed by atoms with Crippen LogP contribution in [0.1, 0.15) is 0 Å². The molecule has 1 aromatic heterocycles. The largest absolute Gasteiger partial charge is 0.356 e. The molecule has 1 aliphatic heterocycles. The van der Waals surface area contributed by atoms with Crippen LogP contribution >= 0.6 is 0 Å². The molecule has 1 aliphatic rings. The van der Waals surface area contributed by atoms with Crippen molar-refractivity contribution in [2.75, 3.05) is 0 Å². The van der Waals surface area contributed by atoms with Gasteiger partial charge in [0.05, 0.1) is 5.71 Å². The van der Waals surface area contributed by atoms with E-state index in [1.54, 1.807) is 12.2 Å². The Balaban J connectivity index is 2.42. The van der Waals surface area contributed by atoms with E-state index in [0.29, 0.717) is 5.71 Å². The lowest BCUT2D eigenvalue weighted by molar-refractivity contribution is -0.113.